The third-order valence-corrected chi connectivity index (χ3v) is 3.20. The van der Waals surface area contributed by atoms with Crippen LogP contribution in [0.3, 0.4) is 0 Å². The molecule has 108 valence electrons. The Bertz CT molecular complexity index is 468. The van der Waals surface area contributed by atoms with Crippen molar-refractivity contribution in [1.29, 1.82) is 0 Å². The minimum absolute atomic E-state index is 0.0389. The second-order valence-electron chi connectivity index (χ2n) is 4.73. The van der Waals surface area contributed by atoms with E-state index in [2.05, 4.69) is 5.32 Å². The smallest absolute Gasteiger partial charge is 0.408 e. The van der Waals surface area contributed by atoms with Crippen molar-refractivity contribution in [2.24, 2.45) is 0 Å². The molecular formula is C14H17NO5. The van der Waals surface area contributed by atoms with Crippen molar-refractivity contribution in [2.75, 3.05) is 13.2 Å². The van der Waals surface area contributed by atoms with Crippen molar-refractivity contribution in [3.8, 4) is 0 Å². The SMILES string of the molecule is O=C(NC1(C(=O)O)CCCOC1)OCc1ccccc1. The number of benzene rings is 1. The number of alkyl carbamates (subject to hydrolysis) is 1. The van der Waals surface area contributed by atoms with E-state index in [0.717, 1.165) is 5.56 Å². The summed E-state index contributed by atoms with van der Waals surface area (Å²) in [5.74, 6) is -1.10. The van der Waals surface area contributed by atoms with Crippen molar-refractivity contribution >= 4 is 12.1 Å². The largest absolute Gasteiger partial charge is 0.479 e. The molecule has 1 atom stereocenters. The molecule has 2 rings (SSSR count). The van der Waals surface area contributed by atoms with Gasteiger partial charge in [0.2, 0.25) is 0 Å². The Morgan fingerprint density at radius 2 is 2.10 bits per heavy atom. The first-order valence-electron chi connectivity index (χ1n) is 6.42. The van der Waals surface area contributed by atoms with Crippen molar-refractivity contribution in [2.45, 2.75) is 25.0 Å². The van der Waals surface area contributed by atoms with Crippen LogP contribution in [-0.2, 0) is 20.9 Å². The molecule has 0 radical (unpaired) electrons. The van der Waals surface area contributed by atoms with Gasteiger partial charge in [0.05, 0.1) is 6.61 Å². The molecule has 1 aliphatic heterocycles. The monoisotopic (exact) mass is 279 g/mol. The third-order valence-electron chi connectivity index (χ3n) is 3.20. The second kappa shape index (κ2) is 6.38. The number of hydrogen-bond acceptors (Lipinski definition) is 4. The van der Waals surface area contributed by atoms with Gasteiger partial charge in [-0.25, -0.2) is 9.59 Å². The second-order valence-corrected chi connectivity index (χ2v) is 4.73. The number of ether oxygens (including phenoxy) is 2. The van der Waals surface area contributed by atoms with E-state index in [-0.39, 0.29) is 13.2 Å². The first-order chi connectivity index (χ1) is 9.62. The lowest BCUT2D eigenvalue weighted by Gasteiger charge is -2.33. The molecule has 6 heteroatoms. The minimum atomic E-state index is -1.38. The van der Waals surface area contributed by atoms with Gasteiger partial charge in [0.15, 0.2) is 5.54 Å². The van der Waals surface area contributed by atoms with Crippen LogP contribution in [-0.4, -0.2) is 35.9 Å². The summed E-state index contributed by atoms with van der Waals surface area (Å²) >= 11 is 0. The van der Waals surface area contributed by atoms with Gasteiger partial charge in [-0.15, -0.1) is 0 Å². The molecule has 1 aliphatic rings. The van der Waals surface area contributed by atoms with Crippen molar-refractivity contribution in [1.82, 2.24) is 5.32 Å². The van der Waals surface area contributed by atoms with Crippen LogP contribution in [0.25, 0.3) is 0 Å². The minimum Gasteiger partial charge on any atom is -0.479 e. The average Bonchev–Trinajstić information content (AvgIpc) is 2.47. The lowest BCUT2D eigenvalue weighted by atomic mass is 9.93. The van der Waals surface area contributed by atoms with Crippen LogP contribution in [0.5, 0.6) is 0 Å². The molecule has 1 unspecified atom stereocenters. The Labute approximate surface area is 116 Å². The molecular weight excluding hydrogens is 262 g/mol. The first kappa shape index (κ1) is 14.3. The van der Waals surface area contributed by atoms with E-state index < -0.39 is 17.6 Å². The summed E-state index contributed by atoms with van der Waals surface area (Å²) in [6.07, 6.45) is 0.176. The Hall–Kier alpha value is -2.08. The van der Waals surface area contributed by atoms with Crippen LogP contribution in [0.4, 0.5) is 4.79 Å². The summed E-state index contributed by atoms with van der Waals surface area (Å²) in [5, 5.41) is 11.7. The molecule has 0 bridgehead atoms. The number of aliphatic carboxylic acids is 1. The maximum atomic E-state index is 11.7. The highest BCUT2D eigenvalue weighted by molar-refractivity contribution is 5.84. The van der Waals surface area contributed by atoms with Crippen LogP contribution < -0.4 is 5.32 Å². The van der Waals surface area contributed by atoms with Gasteiger partial charge in [-0.2, -0.15) is 0 Å². The standard InChI is InChI=1S/C14H17NO5/c16-12(17)14(7-4-8-19-10-14)15-13(18)20-9-11-5-2-1-3-6-11/h1-3,5-6H,4,7-10H2,(H,15,18)(H,16,17). The topological polar surface area (TPSA) is 84.9 Å². The Morgan fingerprint density at radius 1 is 1.35 bits per heavy atom. The highest BCUT2D eigenvalue weighted by Crippen LogP contribution is 2.19. The van der Waals surface area contributed by atoms with Gasteiger partial charge in [0.1, 0.15) is 6.61 Å². The van der Waals surface area contributed by atoms with Crippen molar-refractivity contribution in [3.63, 3.8) is 0 Å². The van der Waals surface area contributed by atoms with Gasteiger partial charge in [-0.3, -0.25) is 0 Å². The highest BCUT2D eigenvalue weighted by Gasteiger charge is 2.42. The molecule has 20 heavy (non-hydrogen) atoms. The molecule has 1 saturated heterocycles. The zero-order valence-corrected chi connectivity index (χ0v) is 11.0. The molecule has 1 aromatic carbocycles. The fraction of sp³-hybridized carbons (Fsp3) is 0.429. The van der Waals surface area contributed by atoms with Gasteiger partial charge in [0.25, 0.3) is 0 Å². The first-order valence-corrected chi connectivity index (χ1v) is 6.42. The van der Waals surface area contributed by atoms with E-state index in [1.54, 1.807) is 0 Å². The van der Waals surface area contributed by atoms with E-state index >= 15 is 0 Å². The van der Waals surface area contributed by atoms with Crippen LogP contribution >= 0.6 is 0 Å². The van der Waals surface area contributed by atoms with E-state index in [1.807, 2.05) is 30.3 Å². The Balaban J connectivity index is 1.90. The fourth-order valence-corrected chi connectivity index (χ4v) is 2.07. The van der Waals surface area contributed by atoms with E-state index in [4.69, 9.17) is 9.47 Å². The number of carbonyl (C=O) groups is 2. The third kappa shape index (κ3) is 3.48. The van der Waals surface area contributed by atoms with Crippen LogP contribution in [0.15, 0.2) is 30.3 Å². The highest BCUT2D eigenvalue weighted by atomic mass is 16.5. The molecule has 0 aromatic heterocycles. The maximum Gasteiger partial charge on any atom is 0.408 e. The molecule has 1 heterocycles. The summed E-state index contributed by atoms with van der Waals surface area (Å²) in [6.45, 7) is 0.571. The predicted octanol–water partition coefficient (Wildman–Crippen LogP) is 1.55. The molecule has 6 nitrogen and oxygen atoms in total. The average molecular weight is 279 g/mol. The van der Waals surface area contributed by atoms with E-state index in [9.17, 15) is 14.7 Å². The number of carbonyl (C=O) groups excluding carboxylic acids is 1. The molecule has 0 aliphatic carbocycles. The zero-order valence-electron chi connectivity index (χ0n) is 11.0. The van der Waals surface area contributed by atoms with Gasteiger partial charge >= 0.3 is 12.1 Å². The van der Waals surface area contributed by atoms with E-state index in [0.29, 0.717) is 19.4 Å². The number of rotatable bonds is 4. The van der Waals surface area contributed by atoms with Gasteiger partial charge in [-0.1, -0.05) is 30.3 Å². The maximum absolute atomic E-state index is 11.7. The number of amides is 1. The Morgan fingerprint density at radius 3 is 2.70 bits per heavy atom. The zero-order chi connectivity index (χ0) is 14.4. The van der Waals surface area contributed by atoms with Crippen LogP contribution in [0.1, 0.15) is 18.4 Å². The Kier molecular flexibility index (Phi) is 4.57. The van der Waals surface area contributed by atoms with Gasteiger partial charge in [-0.05, 0) is 18.4 Å². The lowest BCUT2D eigenvalue weighted by Crippen LogP contribution is -2.59. The molecule has 1 amide bonds. The quantitative estimate of drug-likeness (QED) is 0.873. The summed E-state index contributed by atoms with van der Waals surface area (Å²) in [6, 6.07) is 9.19. The predicted molar refractivity (Wildman–Crippen MR) is 70.2 cm³/mol. The van der Waals surface area contributed by atoms with Gasteiger partial charge < -0.3 is 19.9 Å². The van der Waals surface area contributed by atoms with Crippen molar-refractivity contribution in [3.05, 3.63) is 35.9 Å². The molecule has 1 fully saturated rings. The number of hydrogen-bond donors (Lipinski definition) is 2. The van der Waals surface area contributed by atoms with E-state index in [1.165, 1.54) is 0 Å². The fourth-order valence-electron chi connectivity index (χ4n) is 2.07. The van der Waals surface area contributed by atoms with Crippen molar-refractivity contribution < 1.29 is 24.2 Å². The summed E-state index contributed by atoms with van der Waals surface area (Å²) in [7, 11) is 0. The summed E-state index contributed by atoms with van der Waals surface area (Å²) in [4.78, 5) is 23.1. The number of carboxylic acids is 1. The molecule has 0 spiro atoms. The number of nitrogens with one attached hydrogen (secondary N) is 1. The van der Waals surface area contributed by atoms with Crippen LogP contribution in [0.2, 0.25) is 0 Å². The lowest BCUT2D eigenvalue weighted by molar-refractivity contribution is -0.150. The number of carboxylic acid groups (broad SMARTS) is 1. The molecule has 0 saturated carbocycles. The molecule has 2 N–H and O–H groups in total. The summed E-state index contributed by atoms with van der Waals surface area (Å²) in [5.41, 5.74) is -0.543. The normalized spacial score (nSPS) is 22.0. The van der Waals surface area contributed by atoms with Gasteiger partial charge in [0, 0.05) is 6.61 Å². The van der Waals surface area contributed by atoms with Crippen LogP contribution in [0, 0.1) is 0 Å². The molecule has 1 aromatic rings. The summed E-state index contributed by atoms with van der Waals surface area (Å²) < 4.78 is 10.2.